The van der Waals surface area contributed by atoms with Crippen molar-refractivity contribution in [2.75, 3.05) is 18.6 Å². The Morgan fingerprint density at radius 1 is 1.45 bits per heavy atom. The normalized spacial score (nSPS) is 14.0. The number of methoxy groups -OCH3 is 1. The average Bonchev–Trinajstić information content (AvgIpc) is 2.87. The molecule has 0 amide bonds. The highest BCUT2D eigenvalue weighted by Crippen LogP contribution is 2.38. The van der Waals surface area contributed by atoms with Crippen molar-refractivity contribution in [3.63, 3.8) is 0 Å². The molecule has 0 saturated carbocycles. The van der Waals surface area contributed by atoms with Crippen molar-refractivity contribution in [1.82, 2.24) is 4.98 Å². The fourth-order valence-electron chi connectivity index (χ4n) is 2.36. The van der Waals surface area contributed by atoms with E-state index in [2.05, 4.69) is 22.0 Å². The van der Waals surface area contributed by atoms with Gasteiger partial charge in [0, 0.05) is 12.2 Å². The molecule has 3 rings (SSSR count). The fourth-order valence-corrected chi connectivity index (χ4v) is 3.60. The summed E-state index contributed by atoms with van der Waals surface area (Å²) in [5.74, 6) is -0.441. The van der Waals surface area contributed by atoms with E-state index >= 15 is 0 Å². The lowest BCUT2D eigenvalue weighted by molar-refractivity contribution is 0.0606. The largest absolute Gasteiger partial charge is 0.465 e. The maximum atomic E-state index is 11.6. The number of nitrogens with zero attached hydrogens (tertiary/aromatic N) is 2. The van der Waals surface area contributed by atoms with Crippen LogP contribution in [0, 0.1) is 0 Å². The summed E-state index contributed by atoms with van der Waals surface area (Å²) < 4.78 is 4.72. The highest BCUT2D eigenvalue weighted by atomic mass is 35.5. The van der Waals surface area contributed by atoms with E-state index in [4.69, 9.17) is 16.3 Å². The lowest BCUT2D eigenvalue weighted by Crippen LogP contribution is -2.24. The van der Waals surface area contributed by atoms with Crippen LogP contribution in [0.15, 0.2) is 24.3 Å². The molecule has 0 saturated heterocycles. The minimum absolute atomic E-state index is 0.208. The maximum Gasteiger partial charge on any atom is 0.351 e. The number of anilines is 2. The number of para-hydroxylation sites is 1. The zero-order chi connectivity index (χ0) is 14.1. The molecule has 1 aromatic heterocycles. The van der Waals surface area contributed by atoms with Crippen LogP contribution in [0.25, 0.3) is 0 Å². The van der Waals surface area contributed by atoms with E-state index in [1.54, 1.807) is 0 Å². The van der Waals surface area contributed by atoms with Gasteiger partial charge in [0.1, 0.15) is 0 Å². The minimum Gasteiger partial charge on any atom is -0.465 e. The van der Waals surface area contributed by atoms with E-state index in [9.17, 15) is 4.79 Å². The third-order valence-electron chi connectivity index (χ3n) is 3.29. The molecule has 1 aliphatic rings. The second-order valence-corrected chi connectivity index (χ2v) is 5.83. The quantitative estimate of drug-likeness (QED) is 0.794. The van der Waals surface area contributed by atoms with E-state index in [-0.39, 0.29) is 5.15 Å². The predicted octanol–water partition coefficient (Wildman–Crippen LogP) is 3.67. The monoisotopic (exact) mass is 308 g/mol. The van der Waals surface area contributed by atoms with E-state index < -0.39 is 5.97 Å². The molecule has 0 spiro atoms. The number of esters is 1. The number of hydrogen-bond donors (Lipinski definition) is 0. The predicted molar refractivity (Wildman–Crippen MR) is 80.2 cm³/mol. The number of aromatic nitrogens is 1. The van der Waals surface area contributed by atoms with Gasteiger partial charge in [0.2, 0.25) is 0 Å². The number of fused-ring (bicyclic) bond motifs is 1. The first-order chi connectivity index (χ1) is 9.70. The van der Waals surface area contributed by atoms with Crippen LogP contribution in [0.3, 0.4) is 0 Å². The van der Waals surface area contributed by atoms with Gasteiger partial charge < -0.3 is 9.64 Å². The molecule has 1 aromatic carbocycles. The van der Waals surface area contributed by atoms with Gasteiger partial charge in [-0.2, -0.15) is 0 Å². The van der Waals surface area contributed by atoms with Gasteiger partial charge in [-0.1, -0.05) is 41.1 Å². The van der Waals surface area contributed by atoms with E-state index in [0.29, 0.717) is 4.88 Å². The molecule has 6 heteroatoms. The van der Waals surface area contributed by atoms with Crippen molar-refractivity contribution in [3.05, 3.63) is 39.9 Å². The van der Waals surface area contributed by atoms with Gasteiger partial charge in [-0.25, -0.2) is 9.78 Å². The van der Waals surface area contributed by atoms with Gasteiger partial charge in [-0.15, -0.1) is 0 Å². The number of aryl methyl sites for hydroxylation is 1. The second-order valence-electron chi connectivity index (χ2n) is 4.49. The summed E-state index contributed by atoms with van der Waals surface area (Å²) in [7, 11) is 1.34. The first kappa shape index (κ1) is 13.4. The Bertz CT molecular complexity index is 656. The smallest absolute Gasteiger partial charge is 0.351 e. The van der Waals surface area contributed by atoms with Gasteiger partial charge >= 0.3 is 5.97 Å². The third-order valence-corrected chi connectivity index (χ3v) is 4.73. The molecule has 104 valence electrons. The number of benzene rings is 1. The summed E-state index contributed by atoms with van der Waals surface area (Å²) >= 11 is 7.31. The summed E-state index contributed by atoms with van der Waals surface area (Å²) in [5, 5.41) is 0.947. The summed E-state index contributed by atoms with van der Waals surface area (Å²) in [4.78, 5) is 18.4. The molecule has 0 N–H and O–H groups in total. The van der Waals surface area contributed by atoms with Crippen LogP contribution in [-0.4, -0.2) is 24.6 Å². The topological polar surface area (TPSA) is 42.4 Å². The summed E-state index contributed by atoms with van der Waals surface area (Å²) in [5.41, 5.74) is 2.44. The van der Waals surface area contributed by atoms with E-state index in [1.165, 1.54) is 24.0 Å². The molecule has 0 atom stereocenters. The average molecular weight is 309 g/mol. The molecule has 1 aliphatic heterocycles. The zero-order valence-corrected chi connectivity index (χ0v) is 12.5. The van der Waals surface area contributed by atoms with Crippen LogP contribution >= 0.6 is 22.9 Å². The summed E-state index contributed by atoms with van der Waals surface area (Å²) in [6.07, 6.45) is 2.12. The van der Waals surface area contributed by atoms with Crippen molar-refractivity contribution in [2.24, 2.45) is 0 Å². The molecule has 2 heterocycles. The Kier molecular flexibility index (Phi) is 3.63. The minimum atomic E-state index is -0.441. The number of thiazole rings is 1. The Balaban J connectivity index is 2.01. The van der Waals surface area contributed by atoms with Crippen LogP contribution in [-0.2, 0) is 11.2 Å². The molecule has 4 nitrogen and oxygen atoms in total. The van der Waals surface area contributed by atoms with Gasteiger partial charge in [-0.05, 0) is 24.5 Å². The molecule has 20 heavy (non-hydrogen) atoms. The molecular formula is C14H13ClN2O2S. The number of carbonyl (C=O) groups excluding carboxylic acids is 1. The first-order valence-electron chi connectivity index (χ1n) is 6.31. The first-order valence-corrected chi connectivity index (χ1v) is 7.50. The van der Waals surface area contributed by atoms with Crippen LogP contribution < -0.4 is 4.90 Å². The highest BCUT2D eigenvalue weighted by molar-refractivity contribution is 7.18. The number of halogens is 1. The standard InChI is InChI=1S/C14H13ClN2O2S/c1-19-13(18)11-12(15)16-14(20-11)17-8-4-6-9-5-2-3-7-10(9)17/h2-3,5,7H,4,6,8H2,1H3. The lowest BCUT2D eigenvalue weighted by Gasteiger charge is -2.28. The summed E-state index contributed by atoms with van der Waals surface area (Å²) in [6.45, 7) is 0.876. The number of hydrogen-bond acceptors (Lipinski definition) is 5. The van der Waals surface area contributed by atoms with Crippen LogP contribution in [0.2, 0.25) is 5.15 Å². The van der Waals surface area contributed by atoms with Crippen LogP contribution in [0.1, 0.15) is 21.7 Å². The molecular weight excluding hydrogens is 296 g/mol. The molecule has 2 aromatic rings. The highest BCUT2D eigenvalue weighted by Gasteiger charge is 2.24. The molecule has 0 radical (unpaired) electrons. The summed E-state index contributed by atoms with van der Waals surface area (Å²) in [6, 6.07) is 8.24. The van der Waals surface area contributed by atoms with Crippen LogP contribution in [0.4, 0.5) is 10.8 Å². The second kappa shape index (κ2) is 5.42. The van der Waals surface area contributed by atoms with Gasteiger partial charge in [0.05, 0.1) is 7.11 Å². The van der Waals surface area contributed by atoms with Crippen molar-refractivity contribution >= 4 is 39.7 Å². The Hall–Kier alpha value is -1.59. The van der Waals surface area contributed by atoms with Crippen molar-refractivity contribution in [2.45, 2.75) is 12.8 Å². The fraction of sp³-hybridized carbons (Fsp3) is 0.286. The van der Waals surface area contributed by atoms with E-state index in [1.807, 2.05) is 12.1 Å². The van der Waals surface area contributed by atoms with E-state index in [0.717, 1.165) is 30.2 Å². The lowest BCUT2D eigenvalue weighted by atomic mass is 10.0. The molecule has 0 aliphatic carbocycles. The van der Waals surface area contributed by atoms with Crippen molar-refractivity contribution < 1.29 is 9.53 Å². The Morgan fingerprint density at radius 2 is 2.25 bits per heavy atom. The molecule has 0 bridgehead atoms. The third kappa shape index (κ3) is 2.27. The van der Waals surface area contributed by atoms with Gasteiger partial charge in [-0.3, -0.25) is 0 Å². The SMILES string of the molecule is COC(=O)c1sc(N2CCCc3ccccc32)nc1Cl. The van der Waals surface area contributed by atoms with Crippen molar-refractivity contribution in [1.29, 1.82) is 0 Å². The number of rotatable bonds is 2. The Labute approximate surface area is 126 Å². The zero-order valence-electron chi connectivity index (χ0n) is 10.9. The molecule has 0 fully saturated rings. The number of carbonyl (C=O) groups is 1. The van der Waals surface area contributed by atoms with Gasteiger partial charge in [0.15, 0.2) is 15.2 Å². The van der Waals surface area contributed by atoms with Crippen molar-refractivity contribution in [3.8, 4) is 0 Å². The molecule has 0 unspecified atom stereocenters. The van der Waals surface area contributed by atoms with Gasteiger partial charge in [0.25, 0.3) is 0 Å². The maximum absolute atomic E-state index is 11.6. The van der Waals surface area contributed by atoms with Crippen LogP contribution in [0.5, 0.6) is 0 Å². The Morgan fingerprint density at radius 3 is 3.05 bits per heavy atom. The number of ether oxygens (including phenoxy) is 1.